The first-order valence-corrected chi connectivity index (χ1v) is 17.7. The van der Waals surface area contributed by atoms with Crippen molar-refractivity contribution < 1.29 is 50.3 Å². The quantitative estimate of drug-likeness (QED) is 0.161. The number of rotatable bonds is 5. The van der Waals surface area contributed by atoms with Crippen molar-refractivity contribution in [2.75, 3.05) is 13.2 Å². The van der Waals surface area contributed by atoms with Crippen LogP contribution in [0.4, 0.5) is 0 Å². The zero-order chi connectivity index (χ0) is 33.9. The molecular formula is C36H60O10. The topological polar surface area (TPSA) is 180 Å². The molecule has 0 bridgehead atoms. The van der Waals surface area contributed by atoms with Gasteiger partial charge in [-0.15, -0.1) is 0 Å². The molecule has 10 heteroatoms. The molecule has 264 valence electrons. The summed E-state index contributed by atoms with van der Waals surface area (Å²) in [4.78, 5) is 0. The fraction of sp³-hybridized carbons (Fsp3) is 0.944. The highest BCUT2D eigenvalue weighted by Crippen LogP contribution is 2.76. The van der Waals surface area contributed by atoms with E-state index in [1.54, 1.807) is 0 Å². The van der Waals surface area contributed by atoms with Crippen LogP contribution >= 0.6 is 0 Å². The summed E-state index contributed by atoms with van der Waals surface area (Å²) in [6, 6.07) is 0. The predicted octanol–water partition coefficient (Wildman–Crippen LogP) is 1.73. The molecule has 0 radical (unpaired) electrons. The van der Waals surface area contributed by atoms with Crippen molar-refractivity contribution in [3.63, 3.8) is 0 Å². The van der Waals surface area contributed by atoms with Crippen LogP contribution in [0.3, 0.4) is 0 Å². The van der Waals surface area contributed by atoms with Crippen LogP contribution in [-0.4, -0.2) is 109 Å². The molecule has 10 nitrogen and oxygen atoms in total. The third kappa shape index (κ3) is 4.50. The second-order valence-electron chi connectivity index (χ2n) is 17.8. The second-order valence-corrected chi connectivity index (χ2v) is 17.8. The molecule has 4 saturated carbocycles. The fourth-order valence-corrected chi connectivity index (χ4v) is 12.9. The van der Waals surface area contributed by atoms with Gasteiger partial charge in [-0.2, -0.15) is 0 Å². The van der Waals surface area contributed by atoms with Crippen molar-refractivity contribution in [2.45, 2.75) is 142 Å². The van der Waals surface area contributed by atoms with Gasteiger partial charge in [0.2, 0.25) is 0 Å². The van der Waals surface area contributed by atoms with E-state index >= 15 is 0 Å². The van der Waals surface area contributed by atoms with E-state index in [9.17, 15) is 40.9 Å². The first-order chi connectivity index (χ1) is 21.4. The van der Waals surface area contributed by atoms with Crippen molar-refractivity contribution in [3.05, 3.63) is 11.6 Å². The lowest BCUT2D eigenvalue weighted by molar-refractivity contribution is -0.337. The van der Waals surface area contributed by atoms with Gasteiger partial charge in [-0.3, -0.25) is 0 Å². The van der Waals surface area contributed by atoms with Crippen molar-refractivity contribution >= 4 is 0 Å². The van der Waals surface area contributed by atoms with Gasteiger partial charge >= 0.3 is 0 Å². The van der Waals surface area contributed by atoms with Gasteiger partial charge in [0.1, 0.15) is 24.4 Å². The summed E-state index contributed by atoms with van der Waals surface area (Å²) in [7, 11) is 0. The van der Waals surface area contributed by atoms with Crippen LogP contribution in [0.25, 0.3) is 0 Å². The van der Waals surface area contributed by atoms with Crippen LogP contribution in [0.2, 0.25) is 0 Å². The Hall–Kier alpha value is -0.660. The van der Waals surface area contributed by atoms with Gasteiger partial charge in [-0.25, -0.2) is 0 Å². The maximum atomic E-state index is 12.2. The van der Waals surface area contributed by atoms with Gasteiger partial charge in [0.25, 0.3) is 0 Å². The van der Waals surface area contributed by atoms with Crippen LogP contribution in [0, 0.1) is 56.7 Å². The molecule has 5 fully saturated rings. The summed E-state index contributed by atoms with van der Waals surface area (Å²) in [6.07, 6.45) is -3.91. The number of hydrogen-bond donors (Lipinski definition) is 8. The SMILES string of the molecule is CC(C)[C@@H]1C[C@@H](O)[C@H]2[C@@]1(CO)CC[C@@]1(C)[C@H]3C(=CC[C@]21C)[C@@]1(C)C[C@@H](O)[C@H](O[C@@H]2O[C@H](CO)[C@@H](O)[C@H](O)[C@H]2O)C(C)(C)[C@H]1C[C@@H]3O. The van der Waals surface area contributed by atoms with E-state index in [0.717, 1.165) is 19.3 Å². The summed E-state index contributed by atoms with van der Waals surface area (Å²) in [5, 5.41) is 87.7. The molecule has 0 aromatic rings. The summed E-state index contributed by atoms with van der Waals surface area (Å²) in [5.41, 5.74) is -1.03. The second kappa shape index (κ2) is 11.4. The Morgan fingerprint density at radius 3 is 2.13 bits per heavy atom. The Kier molecular flexibility index (Phi) is 8.74. The fourth-order valence-electron chi connectivity index (χ4n) is 12.9. The number of ether oxygens (including phenoxy) is 2. The van der Waals surface area contributed by atoms with Gasteiger partial charge in [-0.1, -0.05) is 60.1 Å². The lowest BCUT2D eigenvalue weighted by atomic mass is 9.35. The summed E-state index contributed by atoms with van der Waals surface area (Å²) >= 11 is 0. The zero-order valence-electron chi connectivity index (χ0n) is 28.7. The average Bonchev–Trinajstić information content (AvgIpc) is 3.30. The molecular weight excluding hydrogens is 592 g/mol. The van der Waals surface area contributed by atoms with Crippen LogP contribution in [-0.2, 0) is 9.47 Å². The molecule has 5 aliphatic carbocycles. The Bertz CT molecular complexity index is 1190. The van der Waals surface area contributed by atoms with Crippen molar-refractivity contribution in [3.8, 4) is 0 Å². The first kappa shape index (κ1) is 35.2. The number of hydrogen-bond acceptors (Lipinski definition) is 10. The zero-order valence-corrected chi connectivity index (χ0v) is 28.7. The molecule has 8 N–H and O–H groups in total. The van der Waals surface area contributed by atoms with Gasteiger partial charge < -0.3 is 50.3 Å². The molecule has 17 atom stereocenters. The number of aliphatic hydroxyl groups is 8. The normalized spacial score (nSPS) is 56.4. The molecule has 0 aromatic heterocycles. The smallest absolute Gasteiger partial charge is 0.187 e. The van der Waals surface area contributed by atoms with Crippen LogP contribution < -0.4 is 0 Å². The third-order valence-corrected chi connectivity index (χ3v) is 15.2. The Balaban J connectivity index is 1.34. The van der Waals surface area contributed by atoms with E-state index in [4.69, 9.17) is 9.47 Å². The molecule has 6 rings (SSSR count). The van der Waals surface area contributed by atoms with E-state index in [0.29, 0.717) is 25.2 Å². The maximum Gasteiger partial charge on any atom is 0.187 e. The molecule has 6 aliphatic rings. The standard InChI is InChI=1S/C36H60O10/c1-17(2)19-12-21(40)29-35(7)9-8-18-25(34(35,6)10-11-36(19,29)16-38)20(39)13-24-32(3,4)30(22(41)14-33(18,24)5)46-31-28(44)27(43)26(42)23(15-37)45-31/h8,17,19-31,37-44H,9-16H2,1-7H3/t19-,20-,21+,22+,23+,24+,25-,26+,27-,28+,29+,30-,31-,33+,34-,35+,36+/m0/s1. The highest BCUT2D eigenvalue weighted by atomic mass is 16.7. The summed E-state index contributed by atoms with van der Waals surface area (Å²) in [6.45, 7) is 14.7. The first-order valence-electron chi connectivity index (χ1n) is 17.7. The molecule has 1 aliphatic heterocycles. The number of allylic oxidation sites excluding steroid dienone is 1. The van der Waals surface area contributed by atoms with E-state index in [1.807, 2.05) is 13.8 Å². The van der Waals surface area contributed by atoms with Gasteiger partial charge in [-0.05, 0) is 83.9 Å². The summed E-state index contributed by atoms with van der Waals surface area (Å²) < 4.78 is 11.9. The van der Waals surface area contributed by atoms with Crippen LogP contribution in [0.1, 0.15) is 87.0 Å². The van der Waals surface area contributed by atoms with Crippen molar-refractivity contribution in [1.29, 1.82) is 0 Å². The monoisotopic (exact) mass is 652 g/mol. The Morgan fingerprint density at radius 2 is 1.52 bits per heavy atom. The van der Waals surface area contributed by atoms with Crippen molar-refractivity contribution in [1.82, 2.24) is 0 Å². The minimum atomic E-state index is -1.58. The van der Waals surface area contributed by atoms with E-state index < -0.39 is 72.6 Å². The van der Waals surface area contributed by atoms with E-state index in [2.05, 4.69) is 40.7 Å². The summed E-state index contributed by atoms with van der Waals surface area (Å²) in [5.74, 6) is 0.221. The molecule has 0 unspecified atom stereocenters. The highest BCUT2D eigenvalue weighted by molar-refractivity contribution is 5.35. The van der Waals surface area contributed by atoms with Gasteiger partial charge in [0, 0.05) is 17.9 Å². The number of aliphatic hydroxyl groups excluding tert-OH is 8. The largest absolute Gasteiger partial charge is 0.396 e. The van der Waals surface area contributed by atoms with E-state index in [1.165, 1.54) is 5.57 Å². The Morgan fingerprint density at radius 1 is 0.848 bits per heavy atom. The predicted molar refractivity (Wildman–Crippen MR) is 169 cm³/mol. The van der Waals surface area contributed by atoms with Crippen LogP contribution in [0.5, 0.6) is 0 Å². The Labute approximate surface area is 273 Å². The number of fused-ring (bicyclic) bond motifs is 7. The molecule has 0 spiro atoms. The molecule has 46 heavy (non-hydrogen) atoms. The molecule has 1 heterocycles. The lowest BCUT2D eigenvalue weighted by Crippen LogP contribution is -2.68. The lowest BCUT2D eigenvalue weighted by Gasteiger charge is -2.70. The molecule has 1 saturated heterocycles. The third-order valence-electron chi connectivity index (χ3n) is 15.2. The van der Waals surface area contributed by atoms with Crippen molar-refractivity contribution in [2.24, 2.45) is 56.7 Å². The average molecular weight is 653 g/mol. The maximum absolute atomic E-state index is 12.2. The van der Waals surface area contributed by atoms with Crippen LogP contribution in [0.15, 0.2) is 11.6 Å². The minimum absolute atomic E-state index is 0.0586. The molecule has 0 aromatic carbocycles. The minimum Gasteiger partial charge on any atom is -0.396 e. The highest BCUT2D eigenvalue weighted by Gasteiger charge is 2.73. The molecule has 0 amide bonds. The van der Waals surface area contributed by atoms with Gasteiger partial charge in [0.15, 0.2) is 6.29 Å². The van der Waals surface area contributed by atoms with E-state index in [-0.39, 0.29) is 46.5 Å². The van der Waals surface area contributed by atoms with Gasteiger partial charge in [0.05, 0.1) is 31.0 Å².